The number of nitrogens with two attached hydrogens (primary N) is 1. The van der Waals surface area contributed by atoms with Crippen LogP contribution in [0.2, 0.25) is 0 Å². The highest BCUT2D eigenvalue weighted by molar-refractivity contribution is 5.81. The fourth-order valence-corrected chi connectivity index (χ4v) is 2.99. The third-order valence-corrected chi connectivity index (χ3v) is 4.51. The van der Waals surface area contributed by atoms with Crippen LogP contribution in [-0.2, 0) is 13.0 Å². The van der Waals surface area contributed by atoms with Crippen molar-refractivity contribution in [1.82, 2.24) is 0 Å². The maximum Gasteiger partial charge on any atom is 0.336 e. The molecule has 25 heavy (non-hydrogen) atoms. The lowest BCUT2D eigenvalue weighted by Crippen LogP contribution is -2.87. The Hall–Kier alpha value is -2.59. The van der Waals surface area contributed by atoms with Gasteiger partial charge in [0.2, 0.25) is 0 Å². The molecule has 0 aliphatic rings. The Morgan fingerprint density at radius 2 is 1.92 bits per heavy atom. The topological polar surface area (TPSA) is 56.0 Å². The van der Waals surface area contributed by atoms with E-state index in [0.29, 0.717) is 17.4 Å². The summed E-state index contributed by atoms with van der Waals surface area (Å²) in [5.74, 6) is 0.688. The van der Waals surface area contributed by atoms with Crippen LogP contribution in [0.5, 0.6) is 5.75 Å². The van der Waals surface area contributed by atoms with E-state index in [2.05, 4.69) is 36.5 Å². The van der Waals surface area contributed by atoms with E-state index in [-0.39, 0.29) is 5.63 Å². The van der Waals surface area contributed by atoms with E-state index in [1.54, 1.807) is 19.2 Å². The van der Waals surface area contributed by atoms with E-state index >= 15 is 0 Å². The zero-order chi connectivity index (χ0) is 17.6. The molecule has 0 fully saturated rings. The number of ether oxygens (including phenoxy) is 1. The zero-order valence-electron chi connectivity index (χ0n) is 14.7. The molecule has 0 saturated heterocycles. The molecular weight excluding hydrogens is 314 g/mol. The van der Waals surface area contributed by atoms with Crippen molar-refractivity contribution < 1.29 is 14.5 Å². The monoisotopic (exact) mass is 338 g/mol. The summed E-state index contributed by atoms with van der Waals surface area (Å²) in [7, 11) is 1.60. The highest BCUT2D eigenvalue weighted by atomic mass is 16.5. The quantitative estimate of drug-likeness (QED) is 0.674. The molecule has 0 bridgehead atoms. The molecule has 0 aliphatic heterocycles. The maximum atomic E-state index is 11.8. The predicted molar refractivity (Wildman–Crippen MR) is 98.9 cm³/mol. The van der Waals surface area contributed by atoms with Gasteiger partial charge in [0.1, 0.15) is 17.9 Å². The minimum Gasteiger partial charge on any atom is -0.497 e. The molecule has 0 spiro atoms. The normalized spacial score (nSPS) is 12.2. The van der Waals surface area contributed by atoms with Crippen molar-refractivity contribution in [1.29, 1.82) is 0 Å². The zero-order valence-corrected chi connectivity index (χ0v) is 14.7. The summed E-state index contributed by atoms with van der Waals surface area (Å²) in [5, 5.41) is 3.24. The first-order chi connectivity index (χ1) is 12.2. The van der Waals surface area contributed by atoms with Crippen LogP contribution in [0.1, 0.15) is 24.5 Å². The number of hydrogen-bond acceptors (Lipinski definition) is 3. The molecule has 130 valence electrons. The fraction of sp³-hybridized carbons (Fsp3) is 0.286. The van der Waals surface area contributed by atoms with Gasteiger partial charge in [0, 0.05) is 29.5 Å². The van der Waals surface area contributed by atoms with Crippen molar-refractivity contribution >= 4 is 11.0 Å². The van der Waals surface area contributed by atoms with Gasteiger partial charge in [-0.15, -0.1) is 0 Å². The van der Waals surface area contributed by atoms with Gasteiger partial charge in [0.05, 0.1) is 13.2 Å². The summed E-state index contributed by atoms with van der Waals surface area (Å²) < 4.78 is 10.5. The second kappa shape index (κ2) is 7.99. The lowest BCUT2D eigenvalue weighted by Gasteiger charge is -2.12. The van der Waals surface area contributed by atoms with Crippen molar-refractivity contribution in [3.8, 4) is 5.75 Å². The molecular formula is C21H24NO3+. The number of methoxy groups -OCH3 is 1. The molecule has 0 radical (unpaired) electrons. The minimum atomic E-state index is -0.318. The fourth-order valence-electron chi connectivity index (χ4n) is 2.99. The number of aryl methyl sites for hydroxylation is 1. The third kappa shape index (κ3) is 4.48. The molecule has 1 atom stereocenters. The van der Waals surface area contributed by atoms with E-state index in [1.807, 2.05) is 18.2 Å². The van der Waals surface area contributed by atoms with Crippen LogP contribution in [-0.4, -0.2) is 13.2 Å². The highest BCUT2D eigenvalue weighted by Gasteiger charge is 2.11. The first kappa shape index (κ1) is 17.2. The molecule has 0 aliphatic carbocycles. The van der Waals surface area contributed by atoms with Gasteiger partial charge in [-0.05, 0) is 31.0 Å². The molecule has 4 heteroatoms. The number of benzene rings is 2. The van der Waals surface area contributed by atoms with E-state index in [1.165, 1.54) is 5.56 Å². The summed E-state index contributed by atoms with van der Waals surface area (Å²) in [6, 6.07) is 18.2. The second-order valence-electron chi connectivity index (χ2n) is 6.39. The summed E-state index contributed by atoms with van der Waals surface area (Å²) >= 11 is 0. The molecule has 2 N–H and O–H groups in total. The Kier molecular flexibility index (Phi) is 5.51. The summed E-state index contributed by atoms with van der Waals surface area (Å²) in [6.07, 6.45) is 2.16. The van der Waals surface area contributed by atoms with Gasteiger partial charge in [0.25, 0.3) is 0 Å². The van der Waals surface area contributed by atoms with Crippen LogP contribution < -0.4 is 15.7 Å². The summed E-state index contributed by atoms with van der Waals surface area (Å²) in [6.45, 7) is 2.98. The van der Waals surface area contributed by atoms with Crippen molar-refractivity contribution in [2.75, 3.05) is 7.11 Å². The van der Waals surface area contributed by atoms with E-state index in [9.17, 15) is 4.79 Å². The van der Waals surface area contributed by atoms with Gasteiger partial charge >= 0.3 is 5.63 Å². The Morgan fingerprint density at radius 3 is 2.68 bits per heavy atom. The van der Waals surface area contributed by atoms with Crippen LogP contribution in [0.25, 0.3) is 11.0 Å². The van der Waals surface area contributed by atoms with Crippen LogP contribution in [0.3, 0.4) is 0 Å². The highest BCUT2D eigenvalue weighted by Crippen LogP contribution is 2.22. The molecule has 0 unspecified atom stereocenters. The van der Waals surface area contributed by atoms with Crippen molar-refractivity contribution in [3.05, 3.63) is 76.1 Å². The average Bonchev–Trinajstić information content (AvgIpc) is 2.64. The van der Waals surface area contributed by atoms with Crippen LogP contribution >= 0.6 is 0 Å². The minimum absolute atomic E-state index is 0.318. The number of fused-ring (bicyclic) bond motifs is 1. The maximum absolute atomic E-state index is 11.8. The SMILES string of the molecule is COc1ccc2c(C[NH2+][C@H](C)CCc3ccccc3)cc(=O)oc2c1. The van der Waals surface area contributed by atoms with Crippen LogP contribution in [0, 0.1) is 0 Å². The first-order valence-electron chi connectivity index (χ1n) is 8.64. The first-order valence-corrected chi connectivity index (χ1v) is 8.64. The van der Waals surface area contributed by atoms with Crippen molar-refractivity contribution in [2.24, 2.45) is 0 Å². The largest absolute Gasteiger partial charge is 0.497 e. The Labute approximate surface area is 147 Å². The summed E-state index contributed by atoms with van der Waals surface area (Å²) in [4.78, 5) is 11.8. The molecule has 0 amide bonds. The lowest BCUT2D eigenvalue weighted by molar-refractivity contribution is -0.701. The Balaban J connectivity index is 1.67. The Morgan fingerprint density at radius 1 is 1.12 bits per heavy atom. The van der Waals surface area contributed by atoms with Crippen molar-refractivity contribution in [2.45, 2.75) is 32.4 Å². The smallest absolute Gasteiger partial charge is 0.336 e. The van der Waals surface area contributed by atoms with E-state index in [4.69, 9.17) is 9.15 Å². The van der Waals surface area contributed by atoms with Gasteiger partial charge in [-0.2, -0.15) is 0 Å². The van der Waals surface area contributed by atoms with Gasteiger partial charge in [-0.1, -0.05) is 30.3 Å². The molecule has 3 aromatic rings. The van der Waals surface area contributed by atoms with Crippen LogP contribution in [0.15, 0.2) is 63.8 Å². The molecule has 1 heterocycles. The number of hydrogen-bond donors (Lipinski definition) is 1. The predicted octanol–water partition coefficient (Wildman–Crippen LogP) is 2.89. The summed E-state index contributed by atoms with van der Waals surface area (Å²) in [5.41, 5.74) is 2.62. The van der Waals surface area contributed by atoms with Gasteiger partial charge < -0.3 is 14.5 Å². The molecule has 2 aromatic carbocycles. The molecule has 0 saturated carbocycles. The van der Waals surface area contributed by atoms with Gasteiger partial charge in [-0.3, -0.25) is 0 Å². The lowest BCUT2D eigenvalue weighted by atomic mass is 10.1. The number of rotatable bonds is 7. The van der Waals surface area contributed by atoms with Gasteiger partial charge in [-0.25, -0.2) is 4.79 Å². The van der Waals surface area contributed by atoms with Gasteiger partial charge in [0.15, 0.2) is 0 Å². The molecule has 3 rings (SSSR count). The third-order valence-electron chi connectivity index (χ3n) is 4.51. The average molecular weight is 338 g/mol. The molecule has 1 aromatic heterocycles. The number of quaternary nitrogens is 1. The van der Waals surface area contributed by atoms with E-state index < -0.39 is 0 Å². The second-order valence-corrected chi connectivity index (χ2v) is 6.39. The Bertz CT molecular complexity index is 887. The van der Waals surface area contributed by atoms with Crippen LogP contribution in [0.4, 0.5) is 0 Å². The van der Waals surface area contributed by atoms with Crippen molar-refractivity contribution in [3.63, 3.8) is 0 Å². The molecule has 4 nitrogen and oxygen atoms in total. The van der Waals surface area contributed by atoms with E-state index in [0.717, 1.165) is 30.3 Å². The standard InChI is InChI=1S/C21H23NO3/c1-15(8-9-16-6-4-3-5-7-16)22-14-17-12-21(23)25-20-13-18(24-2)10-11-19(17)20/h3-7,10-13,15,22H,8-9,14H2,1-2H3/p+1/t15-/m1/s1.